The van der Waals surface area contributed by atoms with Crippen molar-refractivity contribution in [3.8, 4) is 0 Å². The molecule has 3 N–H and O–H groups in total. The van der Waals surface area contributed by atoms with Crippen LogP contribution in [0.15, 0.2) is 66.9 Å². The Morgan fingerprint density at radius 3 is 2.08 bits per heavy atom. The molecular formula is C30H39N3O4. The summed E-state index contributed by atoms with van der Waals surface area (Å²) < 4.78 is 5.48. The first kappa shape index (κ1) is 28.1. The highest BCUT2D eigenvalue weighted by Crippen LogP contribution is 2.26. The summed E-state index contributed by atoms with van der Waals surface area (Å²) in [6.45, 7) is 9.11. The maximum absolute atomic E-state index is 12.7. The van der Waals surface area contributed by atoms with Crippen LogP contribution in [-0.4, -0.2) is 44.7 Å². The molecule has 0 saturated carbocycles. The van der Waals surface area contributed by atoms with Crippen molar-refractivity contribution in [2.24, 2.45) is 5.92 Å². The van der Waals surface area contributed by atoms with Crippen molar-refractivity contribution in [3.63, 3.8) is 0 Å². The summed E-state index contributed by atoms with van der Waals surface area (Å²) in [5.41, 5.74) is 1.89. The zero-order valence-electron chi connectivity index (χ0n) is 22.4. The van der Waals surface area contributed by atoms with E-state index in [4.69, 9.17) is 4.74 Å². The third-order valence-electron chi connectivity index (χ3n) is 6.09. The van der Waals surface area contributed by atoms with Crippen LogP contribution in [0.5, 0.6) is 0 Å². The van der Waals surface area contributed by atoms with Gasteiger partial charge in [0.15, 0.2) is 5.78 Å². The van der Waals surface area contributed by atoms with Crippen LogP contribution >= 0.6 is 0 Å². The Bertz CT molecular complexity index is 1140. The van der Waals surface area contributed by atoms with Gasteiger partial charge in [0.1, 0.15) is 17.1 Å². The van der Waals surface area contributed by atoms with Gasteiger partial charge in [0, 0.05) is 11.8 Å². The molecule has 3 rings (SSSR count). The van der Waals surface area contributed by atoms with Gasteiger partial charge in [-0.3, -0.25) is 4.79 Å². The van der Waals surface area contributed by atoms with Crippen molar-refractivity contribution in [3.05, 3.63) is 89.5 Å². The summed E-state index contributed by atoms with van der Waals surface area (Å²) in [5, 5.41) is 14.3. The minimum Gasteiger partial charge on any atom is -0.444 e. The van der Waals surface area contributed by atoms with Crippen LogP contribution < -0.4 is 5.32 Å². The summed E-state index contributed by atoms with van der Waals surface area (Å²) in [7, 11) is 0. The standard InChI is InChI=1S/C30H39N3O4/c1-20(2)27(35)25-19-31-28(32-25)23(16-21-12-8-6-9-13-21)18-26(34)24(17-22-14-10-7-11-15-22)33-29(36)37-30(3,4)5/h6-15,19-20,23-24,26,34H,16-18H2,1-5H3,(H,31,32)(H,33,36)/t23-,24?,26+/m1/s1. The molecule has 1 amide bonds. The fraction of sp³-hybridized carbons (Fsp3) is 0.433. The number of imidazole rings is 1. The smallest absolute Gasteiger partial charge is 0.407 e. The van der Waals surface area contributed by atoms with Gasteiger partial charge in [-0.15, -0.1) is 0 Å². The molecule has 1 heterocycles. The second kappa shape index (κ2) is 12.7. The topological polar surface area (TPSA) is 104 Å². The lowest BCUT2D eigenvalue weighted by molar-refractivity contribution is 0.0404. The Morgan fingerprint density at radius 2 is 1.54 bits per heavy atom. The average Bonchev–Trinajstić information content (AvgIpc) is 3.33. The van der Waals surface area contributed by atoms with Crippen molar-refractivity contribution in [2.45, 2.75) is 77.5 Å². The van der Waals surface area contributed by atoms with Crippen LogP contribution in [-0.2, 0) is 17.6 Å². The van der Waals surface area contributed by atoms with Gasteiger partial charge in [-0.1, -0.05) is 74.5 Å². The highest BCUT2D eigenvalue weighted by molar-refractivity contribution is 5.95. The number of nitrogens with zero attached hydrogens (tertiary/aromatic N) is 1. The first-order valence-electron chi connectivity index (χ1n) is 12.9. The number of carbonyl (C=O) groups is 2. The molecular weight excluding hydrogens is 466 g/mol. The molecule has 0 fully saturated rings. The van der Waals surface area contributed by atoms with Gasteiger partial charge in [-0.25, -0.2) is 9.78 Å². The van der Waals surface area contributed by atoms with Crippen LogP contribution in [0.4, 0.5) is 4.79 Å². The quantitative estimate of drug-likeness (QED) is 0.300. The third-order valence-corrected chi connectivity index (χ3v) is 6.09. The number of aliphatic hydroxyl groups is 1. The number of alkyl carbamates (subject to hydrolysis) is 1. The maximum atomic E-state index is 12.7. The van der Waals surface area contributed by atoms with Crippen LogP contribution in [0.25, 0.3) is 0 Å². The van der Waals surface area contributed by atoms with E-state index in [9.17, 15) is 14.7 Å². The number of hydrogen-bond acceptors (Lipinski definition) is 5. The largest absolute Gasteiger partial charge is 0.444 e. The molecule has 7 nitrogen and oxygen atoms in total. The Labute approximate surface area is 219 Å². The molecule has 37 heavy (non-hydrogen) atoms. The van der Waals surface area contributed by atoms with Gasteiger partial charge in [-0.05, 0) is 51.2 Å². The van der Waals surface area contributed by atoms with E-state index in [1.54, 1.807) is 27.0 Å². The molecule has 7 heteroatoms. The predicted octanol–water partition coefficient (Wildman–Crippen LogP) is 5.46. The van der Waals surface area contributed by atoms with Gasteiger partial charge < -0.3 is 20.1 Å². The average molecular weight is 506 g/mol. The summed E-state index contributed by atoms with van der Waals surface area (Å²) in [6, 6.07) is 19.1. The van der Waals surface area contributed by atoms with Crippen LogP contribution in [0, 0.1) is 5.92 Å². The molecule has 3 aromatic rings. The van der Waals surface area contributed by atoms with Crippen LogP contribution in [0.1, 0.15) is 74.4 Å². The number of benzene rings is 2. The second-order valence-electron chi connectivity index (χ2n) is 10.8. The predicted molar refractivity (Wildman–Crippen MR) is 145 cm³/mol. The molecule has 2 aromatic carbocycles. The lowest BCUT2D eigenvalue weighted by Gasteiger charge is -2.29. The molecule has 0 bridgehead atoms. The molecule has 0 aliphatic heterocycles. The first-order valence-corrected chi connectivity index (χ1v) is 12.9. The normalized spacial score (nSPS) is 14.1. The summed E-state index contributed by atoms with van der Waals surface area (Å²) in [4.78, 5) is 32.9. The van der Waals surface area contributed by atoms with Gasteiger partial charge in [0.2, 0.25) is 0 Å². The van der Waals surface area contributed by atoms with E-state index >= 15 is 0 Å². The number of aliphatic hydroxyl groups excluding tert-OH is 1. The zero-order valence-corrected chi connectivity index (χ0v) is 22.4. The van der Waals surface area contributed by atoms with Crippen molar-refractivity contribution in [1.29, 1.82) is 0 Å². The fourth-order valence-electron chi connectivity index (χ4n) is 4.24. The number of carbonyl (C=O) groups excluding carboxylic acids is 2. The number of ketones is 1. The molecule has 0 saturated heterocycles. The van der Waals surface area contributed by atoms with E-state index in [1.165, 1.54) is 0 Å². The van der Waals surface area contributed by atoms with Gasteiger partial charge >= 0.3 is 6.09 Å². The second-order valence-corrected chi connectivity index (χ2v) is 10.8. The van der Waals surface area contributed by atoms with Crippen LogP contribution in [0.2, 0.25) is 0 Å². The van der Waals surface area contributed by atoms with Gasteiger partial charge in [0.05, 0.1) is 18.3 Å². The van der Waals surface area contributed by atoms with E-state index in [2.05, 4.69) is 15.3 Å². The molecule has 198 valence electrons. The van der Waals surface area contributed by atoms with Crippen molar-refractivity contribution in [2.75, 3.05) is 0 Å². The molecule has 0 spiro atoms. The molecule has 0 aliphatic rings. The Morgan fingerprint density at radius 1 is 0.973 bits per heavy atom. The molecule has 0 radical (unpaired) electrons. The van der Waals surface area contributed by atoms with Crippen molar-refractivity contribution >= 4 is 11.9 Å². The van der Waals surface area contributed by atoms with Gasteiger partial charge in [-0.2, -0.15) is 0 Å². The number of hydrogen-bond donors (Lipinski definition) is 3. The van der Waals surface area contributed by atoms with E-state index in [-0.39, 0.29) is 17.6 Å². The summed E-state index contributed by atoms with van der Waals surface area (Å²) >= 11 is 0. The zero-order chi connectivity index (χ0) is 27.0. The number of aromatic nitrogens is 2. The van der Waals surface area contributed by atoms with Gasteiger partial charge in [0.25, 0.3) is 0 Å². The number of amides is 1. The molecule has 3 atom stereocenters. The molecule has 1 aromatic heterocycles. The number of nitrogens with one attached hydrogen (secondary N) is 2. The minimum absolute atomic E-state index is 0.00805. The van der Waals surface area contributed by atoms with E-state index < -0.39 is 23.8 Å². The Hall–Kier alpha value is -3.45. The number of ether oxygens (including phenoxy) is 1. The summed E-state index contributed by atoms with van der Waals surface area (Å²) in [6.07, 6.45) is 1.48. The highest BCUT2D eigenvalue weighted by atomic mass is 16.6. The fourth-order valence-corrected chi connectivity index (χ4v) is 4.24. The lowest BCUT2D eigenvalue weighted by Crippen LogP contribution is -2.47. The van der Waals surface area contributed by atoms with Crippen molar-refractivity contribution < 1.29 is 19.4 Å². The minimum atomic E-state index is -0.893. The van der Waals surface area contributed by atoms with Crippen LogP contribution in [0.3, 0.4) is 0 Å². The maximum Gasteiger partial charge on any atom is 0.407 e. The Balaban J connectivity index is 1.86. The third kappa shape index (κ3) is 8.86. The molecule has 0 aliphatic carbocycles. The van der Waals surface area contributed by atoms with E-state index in [1.807, 2.05) is 74.5 Å². The monoisotopic (exact) mass is 505 g/mol. The van der Waals surface area contributed by atoms with E-state index in [0.717, 1.165) is 11.1 Å². The number of aromatic amines is 1. The number of rotatable bonds is 11. The first-order chi connectivity index (χ1) is 17.5. The molecule has 1 unspecified atom stereocenters. The number of Topliss-reactive ketones (excluding diaryl/α,β-unsaturated/α-hetero) is 1. The highest BCUT2D eigenvalue weighted by Gasteiger charge is 2.29. The lowest BCUT2D eigenvalue weighted by atomic mass is 9.89. The van der Waals surface area contributed by atoms with Crippen molar-refractivity contribution in [1.82, 2.24) is 15.3 Å². The number of H-pyrrole nitrogens is 1. The van der Waals surface area contributed by atoms with E-state index in [0.29, 0.717) is 30.8 Å². The Kier molecular flexibility index (Phi) is 9.64. The summed E-state index contributed by atoms with van der Waals surface area (Å²) in [5.74, 6) is 0.276. The SMILES string of the molecule is CC(C)C(=O)c1cnc([C@H](Cc2ccccc2)C[C@H](O)C(Cc2ccccc2)NC(=O)OC(C)(C)C)[nH]1.